The molecule has 1 rings (SSSR count). The Hall–Kier alpha value is -1.30. The van der Waals surface area contributed by atoms with Crippen LogP contribution in [0.1, 0.15) is 31.0 Å². The summed E-state index contributed by atoms with van der Waals surface area (Å²) in [6, 6.07) is 6.94. The highest BCUT2D eigenvalue weighted by molar-refractivity contribution is 5.35. The van der Waals surface area contributed by atoms with Crippen LogP contribution in [-0.2, 0) is 0 Å². The number of rotatable bonds is 2. The maximum Gasteiger partial charge on any atom is 0.0783 e. The van der Waals surface area contributed by atoms with Gasteiger partial charge in [-0.3, -0.25) is 0 Å². The maximum absolute atomic E-state index is 9.70. The lowest BCUT2D eigenvalue weighted by molar-refractivity contribution is 0.0517. The normalized spacial score (nSPS) is 13.4. The summed E-state index contributed by atoms with van der Waals surface area (Å²) < 4.78 is 0. The first-order chi connectivity index (χ1) is 6.45. The number of hydrogen-bond acceptors (Lipinski definition) is 2. The first kappa shape index (κ1) is 10.8. The minimum absolute atomic E-state index is 0.394. The Bertz CT molecular complexity index is 340. The van der Waals surface area contributed by atoms with E-state index in [1.54, 1.807) is 13.8 Å². The van der Waals surface area contributed by atoms with Crippen molar-refractivity contribution in [1.82, 2.24) is 0 Å². The van der Waals surface area contributed by atoms with Crippen LogP contribution >= 0.6 is 0 Å². The molecule has 0 aliphatic rings. The Morgan fingerprint density at radius 2 is 1.86 bits per heavy atom. The van der Waals surface area contributed by atoms with E-state index in [4.69, 9.17) is 12.2 Å². The van der Waals surface area contributed by atoms with Gasteiger partial charge in [0, 0.05) is 5.56 Å². The third kappa shape index (κ3) is 2.35. The molecule has 1 aromatic rings. The average Bonchev–Trinajstić information content (AvgIpc) is 2.15. The Balaban J connectivity index is 2.94. The molecule has 2 nitrogen and oxygen atoms in total. The van der Waals surface area contributed by atoms with Gasteiger partial charge < -0.3 is 10.8 Å². The number of terminal acetylenes is 1. The average molecular weight is 189 g/mol. The lowest BCUT2D eigenvalue weighted by atomic mass is 9.92. The SMILES string of the molecule is C#Cc1ccc([C@@H](N)C(C)(C)O)cc1. The minimum Gasteiger partial charge on any atom is -0.388 e. The molecule has 0 saturated heterocycles. The molecule has 3 N–H and O–H groups in total. The zero-order valence-corrected chi connectivity index (χ0v) is 8.49. The predicted molar refractivity (Wildman–Crippen MR) is 57.6 cm³/mol. The van der Waals surface area contributed by atoms with E-state index in [1.807, 2.05) is 24.3 Å². The lowest BCUT2D eigenvalue weighted by Crippen LogP contribution is -2.34. The topological polar surface area (TPSA) is 46.2 Å². The molecular formula is C12H15NO. The predicted octanol–water partition coefficient (Wildman–Crippen LogP) is 1.44. The van der Waals surface area contributed by atoms with Crippen LogP contribution in [0.15, 0.2) is 24.3 Å². The van der Waals surface area contributed by atoms with Crippen molar-refractivity contribution in [3.05, 3.63) is 35.4 Å². The monoisotopic (exact) mass is 189 g/mol. The Morgan fingerprint density at radius 1 is 1.36 bits per heavy atom. The molecule has 0 aliphatic heterocycles. The molecule has 0 bridgehead atoms. The van der Waals surface area contributed by atoms with Crippen molar-refractivity contribution in [2.75, 3.05) is 0 Å². The van der Waals surface area contributed by atoms with Gasteiger partial charge in [0.1, 0.15) is 0 Å². The molecule has 0 aromatic heterocycles. The fourth-order valence-corrected chi connectivity index (χ4v) is 1.19. The molecule has 0 unspecified atom stereocenters. The summed E-state index contributed by atoms with van der Waals surface area (Å²) in [6.07, 6.45) is 5.23. The van der Waals surface area contributed by atoms with E-state index in [1.165, 1.54) is 0 Å². The highest BCUT2D eigenvalue weighted by Crippen LogP contribution is 2.22. The van der Waals surface area contributed by atoms with Gasteiger partial charge >= 0.3 is 0 Å². The summed E-state index contributed by atoms with van der Waals surface area (Å²) in [5.74, 6) is 2.53. The van der Waals surface area contributed by atoms with Crippen molar-refractivity contribution in [1.29, 1.82) is 0 Å². The van der Waals surface area contributed by atoms with E-state index in [9.17, 15) is 5.11 Å². The van der Waals surface area contributed by atoms with Crippen LogP contribution in [0.3, 0.4) is 0 Å². The maximum atomic E-state index is 9.70. The number of aliphatic hydroxyl groups is 1. The molecule has 14 heavy (non-hydrogen) atoms. The van der Waals surface area contributed by atoms with Gasteiger partial charge in [-0.25, -0.2) is 0 Å². The second-order valence-electron chi connectivity index (χ2n) is 3.90. The fraction of sp³-hybridized carbons (Fsp3) is 0.333. The largest absolute Gasteiger partial charge is 0.388 e. The smallest absolute Gasteiger partial charge is 0.0783 e. The van der Waals surface area contributed by atoms with Crippen molar-refractivity contribution in [2.45, 2.75) is 25.5 Å². The van der Waals surface area contributed by atoms with Crippen molar-refractivity contribution in [3.63, 3.8) is 0 Å². The van der Waals surface area contributed by atoms with Crippen LogP contribution in [0.5, 0.6) is 0 Å². The quantitative estimate of drug-likeness (QED) is 0.691. The molecule has 0 radical (unpaired) electrons. The molecule has 1 atom stereocenters. The van der Waals surface area contributed by atoms with Crippen LogP contribution in [0.25, 0.3) is 0 Å². The third-order valence-electron chi connectivity index (χ3n) is 2.20. The van der Waals surface area contributed by atoms with Crippen molar-refractivity contribution in [2.24, 2.45) is 5.73 Å². The summed E-state index contributed by atoms with van der Waals surface area (Å²) in [5, 5.41) is 9.70. The summed E-state index contributed by atoms with van der Waals surface area (Å²) >= 11 is 0. The highest BCUT2D eigenvalue weighted by Gasteiger charge is 2.24. The van der Waals surface area contributed by atoms with Crippen LogP contribution in [-0.4, -0.2) is 10.7 Å². The van der Waals surface area contributed by atoms with Crippen LogP contribution < -0.4 is 5.73 Å². The summed E-state index contributed by atoms with van der Waals surface area (Å²) in [6.45, 7) is 3.37. The zero-order chi connectivity index (χ0) is 10.8. The molecule has 0 amide bonds. The molecule has 0 fully saturated rings. The number of benzene rings is 1. The first-order valence-corrected chi connectivity index (χ1v) is 4.49. The number of hydrogen-bond donors (Lipinski definition) is 2. The Morgan fingerprint density at radius 3 is 2.21 bits per heavy atom. The zero-order valence-electron chi connectivity index (χ0n) is 8.49. The molecule has 0 saturated carbocycles. The van der Waals surface area contributed by atoms with E-state index in [0.29, 0.717) is 0 Å². The molecule has 1 aromatic carbocycles. The van der Waals surface area contributed by atoms with E-state index in [2.05, 4.69) is 5.92 Å². The molecule has 2 heteroatoms. The molecule has 0 heterocycles. The van der Waals surface area contributed by atoms with Crippen molar-refractivity contribution >= 4 is 0 Å². The summed E-state index contributed by atoms with van der Waals surface area (Å²) in [5.41, 5.74) is 6.64. The van der Waals surface area contributed by atoms with Crippen LogP contribution in [0, 0.1) is 12.3 Å². The van der Waals surface area contributed by atoms with Gasteiger partial charge in [-0.2, -0.15) is 0 Å². The Labute approximate surface area is 84.8 Å². The van der Waals surface area contributed by atoms with E-state index >= 15 is 0 Å². The summed E-state index contributed by atoms with van der Waals surface area (Å²) in [4.78, 5) is 0. The second kappa shape index (κ2) is 3.83. The van der Waals surface area contributed by atoms with Gasteiger partial charge in [0.25, 0.3) is 0 Å². The van der Waals surface area contributed by atoms with Crippen molar-refractivity contribution < 1.29 is 5.11 Å². The van der Waals surface area contributed by atoms with E-state index in [-0.39, 0.29) is 0 Å². The molecule has 74 valence electrons. The third-order valence-corrected chi connectivity index (χ3v) is 2.20. The lowest BCUT2D eigenvalue weighted by Gasteiger charge is -2.25. The fourth-order valence-electron chi connectivity index (χ4n) is 1.19. The van der Waals surface area contributed by atoms with Gasteiger partial charge in [-0.05, 0) is 31.5 Å². The second-order valence-corrected chi connectivity index (χ2v) is 3.90. The van der Waals surface area contributed by atoms with Gasteiger partial charge in [0.05, 0.1) is 11.6 Å². The van der Waals surface area contributed by atoms with Crippen LogP contribution in [0.2, 0.25) is 0 Å². The first-order valence-electron chi connectivity index (χ1n) is 4.49. The van der Waals surface area contributed by atoms with Crippen LogP contribution in [0.4, 0.5) is 0 Å². The van der Waals surface area contributed by atoms with Gasteiger partial charge in [-0.15, -0.1) is 6.42 Å². The molecule has 0 aliphatic carbocycles. The minimum atomic E-state index is -0.919. The van der Waals surface area contributed by atoms with Gasteiger partial charge in [-0.1, -0.05) is 18.1 Å². The summed E-state index contributed by atoms with van der Waals surface area (Å²) in [7, 11) is 0. The van der Waals surface area contributed by atoms with E-state index < -0.39 is 11.6 Å². The highest BCUT2D eigenvalue weighted by atomic mass is 16.3. The molecular weight excluding hydrogens is 174 g/mol. The van der Waals surface area contributed by atoms with Gasteiger partial charge in [0.15, 0.2) is 0 Å². The standard InChI is InChI=1S/C12H15NO/c1-4-9-5-7-10(8-6-9)11(13)12(2,3)14/h1,5-8,11,14H,13H2,2-3H3/t11-/m1/s1. The number of nitrogens with two attached hydrogens (primary N) is 1. The van der Waals surface area contributed by atoms with E-state index in [0.717, 1.165) is 11.1 Å². The van der Waals surface area contributed by atoms with Gasteiger partial charge in [0.2, 0.25) is 0 Å². The molecule has 0 spiro atoms. The van der Waals surface area contributed by atoms with Crippen molar-refractivity contribution in [3.8, 4) is 12.3 Å². The Kier molecular flexibility index (Phi) is 2.95.